The number of halogens is 1. The maximum absolute atomic E-state index is 14.0. The maximum Gasteiger partial charge on any atom is 0.271 e. The van der Waals surface area contributed by atoms with Crippen molar-refractivity contribution in [3.05, 3.63) is 84.4 Å². The molecular weight excluding hydrogens is 347 g/mol. The van der Waals surface area contributed by atoms with Crippen LogP contribution in [0.4, 0.5) is 10.1 Å². The molecule has 3 aromatic rings. The second-order valence-corrected chi connectivity index (χ2v) is 6.11. The summed E-state index contributed by atoms with van der Waals surface area (Å²) < 4.78 is 24.9. The first kappa shape index (κ1) is 17.0. The van der Waals surface area contributed by atoms with Crippen LogP contribution in [-0.4, -0.2) is 24.1 Å². The van der Waals surface area contributed by atoms with Gasteiger partial charge in [0.15, 0.2) is 11.6 Å². The molecule has 1 aliphatic rings. The number of hydrogen-bond donors (Lipinski definition) is 0. The molecule has 0 saturated carbocycles. The minimum Gasteiger partial charge on any atom is -0.497 e. The molecule has 1 aromatic heterocycles. The van der Waals surface area contributed by atoms with Gasteiger partial charge >= 0.3 is 0 Å². The fraction of sp³-hybridized carbons (Fsp3) is 0.143. The van der Waals surface area contributed by atoms with Crippen LogP contribution in [0.2, 0.25) is 0 Å². The predicted molar refractivity (Wildman–Crippen MR) is 98.3 cm³/mol. The molecule has 2 atom stereocenters. The third-order valence-electron chi connectivity index (χ3n) is 4.51. The first-order valence-corrected chi connectivity index (χ1v) is 8.47. The zero-order valence-corrected chi connectivity index (χ0v) is 14.6. The summed E-state index contributed by atoms with van der Waals surface area (Å²) in [6, 6.07) is 16.5. The van der Waals surface area contributed by atoms with E-state index in [0.29, 0.717) is 11.4 Å². The van der Waals surface area contributed by atoms with Crippen LogP contribution < -0.4 is 14.4 Å². The Hall–Kier alpha value is -3.41. The van der Waals surface area contributed by atoms with E-state index < -0.39 is 18.0 Å². The molecule has 1 aliphatic heterocycles. The molecule has 0 N–H and O–H groups in total. The van der Waals surface area contributed by atoms with Gasteiger partial charge in [0.25, 0.3) is 5.91 Å². The van der Waals surface area contributed by atoms with Crippen LogP contribution in [0.15, 0.2) is 73.1 Å². The minimum atomic E-state index is -0.826. The van der Waals surface area contributed by atoms with E-state index in [0.717, 1.165) is 5.56 Å². The SMILES string of the molecule is COc1ccc(N2C(=O)[C@H](Oc3ccccc3F)[C@@H]2c2cccnc2)cc1. The second kappa shape index (κ2) is 7.07. The molecule has 27 heavy (non-hydrogen) atoms. The number of amides is 1. The fourth-order valence-corrected chi connectivity index (χ4v) is 3.16. The molecule has 1 saturated heterocycles. The van der Waals surface area contributed by atoms with Crippen molar-refractivity contribution in [1.82, 2.24) is 4.98 Å². The summed E-state index contributed by atoms with van der Waals surface area (Å²) in [6.45, 7) is 0. The van der Waals surface area contributed by atoms with E-state index in [1.807, 2.05) is 6.07 Å². The molecule has 2 aromatic carbocycles. The molecule has 1 amide bonds. The number of carbonyl (C=O) groups excluding carboxylic acids is 1. The van der Waals surface area contributed by atoms with Crippen molar-refractivity contribution >= 4 is 11.6 Å². The van der Waals surface area contributed by atoms with Gasteiger partial charge in [0.05, 0.1) is 7.11 Å². The smallest absolute Gasteiger partial charge is 0.271 e. The summed E-state index contributed by atoms with van der Waals surface area (Å²) >= 11 is 0. The second-order valence-electron chi connectivity index (χ2n) is 6.11. The molecule has 2 heterocycles. The molecule has 0 bridgehead atoms. The predicted octanol–water partition coefficient (Wildman–Crippen LogP) is 3.76. The summed E-state index contributed by atoms with van der Waals surface area (Å²) in [4.78, 5) is 18.6. The number of pyridine rings is 1. The standard InChI is InChI=1S/C21H17FN2O3/c1-26-16-10-8-15(9-11-16)24-19(14-5-4-12-23-13-14)20(21(24)25)27-18-7-3-2-6-17(18)22/h2-13,19-20H,1H3/t19-,20+/m0/s1. The van der Waals surface area contributed by atoms with Crippen molar-refractivity contribution in [3.63, 3.8) is 0 Å². The summed E-state index contributed by atoms with van der Waals surface area (Å²) in [5, 5.41) is 0. The molecule has 136 valence electrons. The van der Waals surface area contributed by atoms with E-state index in [1.54, 1.807) is 66.9 Å². The van der Waals surface area contributed by atoms with Gasteiger partial charge < -0.3 is 9.47 Å². The van der Waals surface area contributed by atoms with E-state index >= 15 is 0 Å². The van der Waals surface area contributed by atoms with E-state index in [9.17, 15) is 9.18 Å². The maximum atomic E-state index is 14.0. The first-order valence-electron chi connectivity index (χ1n) is 8.47. The molecule has 0 unspecified atom stereocenters. The van der Waals surface area contributed by atoms with Gasteiger partial charge in [-0.05, 0) is 48.0 Å². The Balaban J connectivity index is 1.67. The van der Waals surface area contributed by atoms with Crippen LogP contribution in [0.5, 0.6) is 11.5 Å². The number of benzene rings is 2. The molecular formula is C21H17FN2O3. The lowest BCUT2D eigenvalue weighted by Gasteiger charge is -2.46. The number of β-lactam (4-membered cyclic amide) rings is 1. The van der Waals surface area contributed by atoms with Crippen LogP contribution in [0.25, 0.3) is 0 Å². The van der Waals surface area contributed by atoms with Crippen molar-refractivity contribution in [3.8, 4) is 11.5 Å². The van der Waals surface area contributed by atoms with Crippen molar-refractivity contribution in [1.29, 1.82) is 0 Å². The molecule has 1 fully saturated rings. The van der Waals surface area contributed by atoms with Crippen molar-refractivity contribution in [2.45, 2.75) is 12.1 Å². The van der Waals surface area contributed by atoms with Gasteiger partial charge in [0, 0.05) is 18.1 Å². The molecule has 0 aliphatic carbocycles. The van der Waals surface area contributed by atoms with Gasteiger partial charge in [-0.25, -0.2) is 4.39 Å². The quantitative estimate of drug-likeness (QED) is 0.647. The van der Waals surface area contributed by atoms with Crippen LogP contribution in [0.3, 0.4) is 0 Å². The Morgan fingerprint density at radius 2 is 1.81 bits per heavy atom. The highest BCUT2D eigenvalue weighted by Gasteiger charge is 2.51. The lowest BCUT2D eigenvalue weighted by Crippen LogP contribution is -2.61. The topological polar surface area (TPSA) is 51.7 Å². The van der Waals surface area contributed by atoms with Gasteiger partial charge in [-0.3, -0.25) is 14.7 Å². The Bertz CT molecular complexity index is 947. The van der Waals surface area contributed by atoms with E-state index in [4.69, 9.17) is 9.47 Å². The van der Waals surface area contributed by atoms with Crippen molar-refractivity contribution < 1.29 is 18.7 Å². The molecule has 5 nitrogen and oxygen atoms in total. The van der Waals surface area contributed by atoms with E-state index in [2.05, 4.69) is 4.98 Å². The molecule has 0 spiro atoms. The average Bonchev–Trinajstić information content (AvgIpc) is 2.72. The van der Waals surface area contributed by atoms with Crippen LogP contribution in [-0.2, 0) is 4.79 Å². The van der Waals surface area contributed by atoms with Gasteiger partial charge in [-0.2, -0.15) is 0 Å². The Labute approximate surface area is 156 Å². The van der Waals surface area contributed by atoms with E-state index in [1.165, 1.54) is 12.1 Å². The molecule has 6 heteroatoms. The van der Waals surface area contributed by atoms with E-state index in [-0.39, 0.29) is 11.7 Å². The number of anilines is 1. The minimum absolute atomic E-state index is 0.0547. The zero-order valence-electron chi connectivity index (χ0n) is 14.6. The number of ether oxygens (including phenoxy) is 2. The zero-order chi connectivity index (χ0) is 18.8. The third-order valence-corrected chi connectivity index (χ3v) is 4.51. The Morgan fingerprint density at radius 3 is 2.48 bits per heavy atom. The highest BCUT2D eigenvalue weighted by Crippen LogP contribution is 2.41. The number of para-hydroxylation sites is 1. The van der Waals surface area contributed by atoms with Gasteiger partial charge in [-0.1, -0.05) is 18.2 Å². The summed E-state index contributed by atoms with van der Waals surface area (Å²) in [5.41, 5.74) is 1.53. The van der Waals surface area contributed by atoms with Crippen LogP contribution in [0, 0.1) is 5.82 Å². The number of carbonyl (C=O) groups is 1. The van der Waals surface area contributed by atoms with Gasteiger partial charge in [0.1, 0.15) is 11.8 Å². The molecule has 4 rings (SSSR count). The third kappa shape index (κ3) is 3.10. The highest BCUT2D eigenvalue weighted by atomic mass is 19.1. The highest BCUT2D eigenvalue weighted by molar-refractivity contribution is 6.05. The Kier molecular flexibility index (Phi) is 4.46. The number of rotatable bonds is 5. The monoisotopic (exact) mass is 364 g/mol. The van der Waals surface area contributed by atoms with Crippen molar-refractivity contribution in [2.24, 2.45) is 0 Å². The lowest BCUT2D eigenvalue weighted by atomic mass is 9.90. The summed E-state index contributed by atoms with van der Waals surface area (Å²) in [7, 11) is 1.58. The fourth-order valence-electron chi connectivity index (χ4n) is 3.16. The summed E-state index contributed by atoms with van der Waals surface area (Å²) in [5.74, 6) is 0.0123. The van der Waals surface area contributed by atoms with Gasteiger partial charge in [-0.15, -0.1) is 0 Å². The normalized spacial score (nSPS) is 18.7. The number of hydrogen-bond acceptors (Lipinski definition) is 4. The number of nitrogens with zero attached hydrogens (tertiary/aromatic N) is 2. The number of aromatic nitrogens is 1. The van der Waals surface area contributed by atoms with Crippen LogP contribution in [0.1, 0.15) is 11.6 Å². The molecule has 0 radical (unpaired) electrons. The van der Waals surface area contributed by atoms with Crippen molar-refractivity contribution in [2.75, 3.05) is 12.0 Å². The van der Waals surface area contributed by atoms with Crippen LogP contribution >= 0.6 is 0 Å². The summed E-state index contributed by atoms with van der Waals surface area (Å²) in [6.07, 6.45) is 2.52. The Morgan fingerprint density at radius 1 is 1.04 bits per heavy atom. The average molecular weight is 364 g/mol. The lowest BCUT2D eigenvalue weighted by molar-refractivity contribution is -0.135. The number of methoxy groups -OCH3 is 1. The largest absolute Gasteiger partial charge is 0.497 e. The first-order chi connectivity index (χ1) is 13.2. The van der Waals surface area contributed by atoms with Gasteiger partial charge in [0.2, 0.25) is 6.10 Å².